The highest BCUT2D eigenvalue weighted by molar-refractivity contribution is 5.33. The van der Waals surface area contributed by atoms with Crippen molar-refractivity contribution in [3.63, 3.8) is 0 Å². The maximum Gasteiger partial charge on any atom is 0.573 e. The first-order valence-corrected chi connectivity index (χ1v) is 5.77. The van der Waals surface area contributed by atoms with E-state index < -0.39 is 6.36 Å². The van der Waals surface area contributed by atoms with Gasteiger partial charge in [-0.05, 0) is 24.7 Å². The average molecular weight is 283 g/mol. The Kier molecular flexibility index (Phi) is 4.19. The summed E-state index contributed by atoms with van der Waals surface area (Å²) in [6.45, 7) is 0. The first-order chi connectivity index (χ1) is 9.49. The van der Waals surface area contributed by atoms with Crippen molar-refractivity contribution in [1.29, 1.82) is 0 Å². The number of rotatable bonds is 4. The van der Waals surface area contributed by atoms with Crippen molar-refractivity contribution in [2.24, 2.45) is 0 Å². The van der Waals surface area contributed by atoms with Crippen LogP contribution >= 0.6 is 0 Å². The number of ether oxygens (including phenoxy) is 1. The van der Waals surface area contributed by atoms with Crippen LogP contribution in [0.2, 0.25) is 0 Å². The standard InChI is InChI=1S/C13H12F3N3O/c1-17-12(10-6-18-8-19-7-10)9-2-4-11(5-3-9)20-13(14,15)16/h2-8,12,17H,1H3. The van der Waals surface area contributed by atoms with E-state index in [0.29, 0.717) is 0 Å². The summed E-state index contributed by atoms with van der Waals surface area (Å²) in [5.74, 6) is -0.250. The third-order valence-electron chi connectivity index (χ3n) is 2.65. The SMILES string of the molecule is CNC(c1ccc(OC(F)(F)F)cc1)c1cncnc1. The van der Waals surface area contributed by atoms with Crippen LogP contribution in [0, 0.1) is 0 Å². The van der Waals surface area contributed by atoms with Crippen molar-refractivity contribution < 1.29 is 17.9 Å². The van der Waals surface area contributed by atoms with Crippen LogP contribution in [0.1, 0.15) is 17.2 Å². The molecule has 0 aliphatic carbocycles. The fraction of sp³-hybridized carbons (Fsp3) is 0.231. The van der Waals surface area contributed by atoms with Gasteiger partial charge in [-0.25, -0.2) is 9.97 Å². The van der Waals surface area contributed by atoms with Crippen LogP contribution in [-0.2, 0) is 0 Å². The lowest BCUT2D eigenvalue weighted by molar-refractivity contribution is -0.274. The molecule has 1 aromatic carbocycles. The molecule has 1 heterocycles. The second-order valence-corrected chi connectivity index (χ2v) is 4.01. The van der Waals surface area contributed by atoms with Crippen LogP contribution in [0.3, 0.4) is 0 Å². The molecule has 2 aromatic rings. The van der Waals surface area contributed by atoms with Gasteiger partial charge < -0.3 is 10.1 Å². The molecule has 7 heteroatoms. The van der Waals surface area contributed by atoms with Crippen molar-refractivity contribution in [2.45, 2.75) is 12.4 Å². The van der Waals surface area contributed by atoms with Gasteiger partial charge in [0, 0.05) is 18.0 Å². The molecule has 0 spiro atoms. The third-order valence-corrected chi connectivity index (χ3v) is 2.65. The second kappa shape index (κ2) is 5.87. The smallest absolute Gasteiger partial charge is 0.406 e. The van der Waals surface area contributed by atoms with E-state index in [-0.39, 0.29) is 11.8 Å². The van der Waals surface area contributed by atoms with Crippen LogP contribution in [0.25, 0.3) is 0 Å². The van der Waals surface area contributed by atoms with Gasteiger partial charge in [-0.2, -0.15) is 0 Å². The molecule has 20 heavy (non-hydrogen) atoms. The molecule has 1 unspecified atom stereocenters. The van der Waals surface area contributed by atoms with Gasteiger partial charge in [-0.15, -0.1) is 13.2 Å². The van der Waals surface area contributed by atoms with Gasteiger partial charge in [0.25, 0.3) is 0 Å². The largest absolute Gasteiger partial charge is 0.573 e. The Balaban J connectivity index is 2.20. The van der Waals surface area contributed by atoms with Gasteiger partial charge in [0.2, 0.25) is 0 Å². The zero-order valence-electron chi connectivity index (χ0n) is 10.6. The number of hydrogen-bond donors (Lipinski definition) is 1. The molecular weight excluding hydrogens is 271 g/mol. The molecule has 0 radical (unpaired) electrons. The first-order valence-electron chi connectivity index (χ1n) is 5.77. The van der Waals surface area contributed by atoms with E-state index in [1.54, 1.807) is 31.6 Å². The highest BCUT2D eigenvalue weighted by atomic mass is 19.4. The number of nitrogens with zero attached hydrogens (tertiary/aromatic N) is 2. The van der Waals surface area contributed by atoms with E-state index in [1.807, 2.05) is 0 Å². The van der Waals surface area contributed by atoms with Crippen molar-refractivity contribution in [2.75, 3.05) is 7.05 Å². The molecule has 1 aromatic heterocycles. The Labute approximate surface area is 113 Å². The summed E-state index contributed by atoms with van der Waals surface area (Å²) in [6, 6.07) is 5.48. The van der Waals surface area contributed by atoms with Gasteiger partial charge in [-0.1, -0.05) is 12.1 Å². The molecule has 0 saturated carbocycles. The summed E-state index contributed by atoms with van der Waals surface area (Å²) >= 11 is 0. The van der Waals surface area contributed by atoms with Gasteiger partial charge >= 0.3 is 6.36 Å². The van der Waals surface area contributed by atoms with Crippen LogP contribution in [0.15, 0.2) is 43.0 Å². The van der Waals surface area contributed by atoms with Gasteiger partial charge in [0.05, 0.1) is 6.04 Å². The predicted molar refractivity (Wildman–Crippen MR) is 66.1 cm³/mol. The van der Waals surface area contributed by atoms with E-state index in [2.05, 4.69) is 20.0 Å². The van der Waals surface area contributed by atoms with E-state index >= 15 is 0 Å². The van der Waals surface area contributed by atoms with Gasteiger partial charge in [0.1, 0.15) is 12.1 Å². The lowest BCUT2D eigenvalue weighted by Crippen LogP contribution is -2.19. The molecule has 1 atom stereocenters. The zero-order valence-corrected chi connectivity index (χ0v) is 10.6. The van der Waals surface area contributed by atoms with E-state index in [0.717, 1.165) is 11.1 Å². The van der Waals surface area contributed by atoms with Crippen molar-refractivity contribution in [1.82, 2.24) is 15.3 Å². The summed E-state index contributed by atoms with van der Waals surface area (Å²) in [5.41, 5.74) is 1.61. The molecule has 0 amide bonds. The topological polar surface area (TPSA) is 47.0 Å². The van der Waals surface area contributed by atoms with Crippen LogP contribution in [-0.4, -0.2) is 23.4 Å². The van der Waals surface area contributed by atoms with Crippen LogP contribution < -0.4 is 10.1 Å². The fourth-order valence-corrected chi connectivity index (χ4v) is 1.85. The van der Waals surface area contributed by atoms with Crippen molar-refractivity contribution >= 4 is 0 Å². The molecule has 0 bridgehead atoms. The number of aromatic nitrogens is 2. The highest BCUT2D eigenvalue weighted by Crippen LogP contribution is 2.26. The van der Waals surface area contributed by atoms with E-state index in [9.17, 15) is 13.2 Å². The number of hydrogen-bond acceptors (Lipinski definition) is 4. The minimum absolute atomic E-state index is 0.198. The molecule has 1 N–H and O–H groups in total. The lowest BCUT2D eigenvalue weighted by atomic mass is 10.0. The van der Waals surface area contributed by atoms with Crippen molar-refractivity contribution in [3.8, 4) is 5.75 Å². The Morgan fingerprint density at radius 3 is 2.15 bits per heavy atom. The second-order valence-electron chi connectivity index (χ2n) is 4.01. The summed E-state index contributed by atoms with van der Waals surface area (Å²) in [4.78, 5) is 7.84. The van der Waals surface area contributed by atoms with E-state index in [1.165, 1.54) is 18.5 Å². The minimum Gasteiger partial charge on any atom is -0.406 e. The first kappa shape index (κ1) is 14.3. The molecular formula is C13H12F3N3O. The maximum absolute atomic E-state index is 12.1. The summed E-state index contributed by atoms with van der Waals surface area (Å²) in [7, 11) is 1.75. The quantitative estimate of drug-likeness (QED) is 0.937. The molecule has 0 aliphatic rings. The fourth-order valence-electron chi connectivity index (χ4n) is 1.85. The Bertz CT molecular complexity index is 543. The maximum atomic E-state index is 12.1. The Hall–Kier alpha value is -2.15. The molecule has 0 saturated heterocycles. The summed E-state index contributed by atoms with van der Waals surface area (Å²) < 4.78 is 40.1. The number of alkyl halides is 3. The normalized spacial score (nSPS) is 13.0. The molecule has 0 fully saturated rings. The predicted octanol–water partition coefficient (Wildman–Crippen LogP) is 2.68. The zero-order chi connectivity index (χ0) is 14.6. The van der Waals surface area contributed by atoms with Crippen molar-refractivity contribution in [3.05, 3.63) is 54.1 Å². The lowest BCUT2D eigenvalue weighted by Gasteiger charge is -2.17. The number of nitrogens with one attached hydrogen (secondary N) is 1. The summed E-state index contributed by atoms with van der Waals surface area (Å²) in [5, 5.41) is 3.06. The molecule has 4 nitrogen and oxygen atoms in total. The van der Waals surface area contributed by atoms with Crippen LogP contribution in [0.4, 0.5) is 13.2 Å². The van der Waals surface area contributed by atoms with Gasteiger partial charge in [0.15, 0.2) is 0 Å². The van der Waals surface area contributed by atoms with Crippen LogP contribution in [0.5, 0.6) is 5.75 Å². The highest BCUT2D eigenvalue weighted by Gasteiger charge is 2.31. The minimum atomic E-state index is -4.68. The number of halogens is 3. The average Bonchev–Trinajstić information content (AvgIpc) is 2.41. The Morgan fingerprint density at radius 2 is 1.65 bits per heavy atom. The summed E-state index contributed by atoms with van der Waals surface area (Å²) in [6.07, 6.45) is 0.0241. The monoisotopic (exact) mass is 283 g/mol. The number of benzene rings is 1. The third kappa shape index (κ3) is 3.67. The molecule has 2 rings (SSSR count). The van der Waals surface area contributed by atoms with Gasteiger partial charge in [-0.3, -0.25) is 0 Å². The Morgan fingerprint density at radius 1 is 1.05 bits per heavy atom. The van der Waals surface area contributed by atoms with E-state index in [4.69, 9.17) is 0 Å². The molecule has 106 valence electrons. The molecule has 0 aliphatic heterocycles.